The normalized spacial score (nSPS) is 15.4. The van der Waals surface area contributed by atoms with Crippen molar-refractivity contribution in [3.05, 3.63) is 63.5 Å². The Morgan fingerprint density at radius 2 is 1.86 bits per heavy atom. The predicted molar refractivity (Wildman–Crippen MR) is 119 cm³/mol. The highest BCUT2D eigenvalue weighted by Crippen LogP contribution is 2.39. The first-order valence-electron chi connectivity index (χ1n) is 8.92. The van der Waals surface area contributed by atoms with E-state index in [4.69, 9.17) is 33.3 Å². The topological polar surface area (TPSA) is 38.8 Å². The van der Waals surface area contributed by atoms with E-state index >= 15 is 0 Å². The fourth-order valence-electron chi connectivity index (χ4n) is 2.77. The maximum atomic E-state index is 12.9. The van der Waals surface area contributed by atoms with Gasteiger partial charge in [0.1, 0.15) is 4.32 Å². The van der Waals surface area contributed by atoms with Crippen molar-refractivity contribution in [2.45, 2.75) is 20.4 Å². The maximum absolute atomic E-state index is 12.9. The van der Waals surface area contributed by atoms with Crippen molar-refractivity contribution < 1.29 is 14.3 Å². The molecule has 0 aliphatic carbocycles. The summed E-state index contributed by atoms with van der Waals surface area (Å²) in [6.45, 7) is 5.20. The van der Waals surface area contributed by atoms with E-state index in [-0.39, 0.29) is 5.91 Å². The lowest BCUT2D eigenvalue weighted by atomic mass is 10.1. The average Bonchev–Trinajstić information content (AvgIpc) is 2.93. The van der Waals surface area contributed by atoms with Crippen LogP contribution in [-0.2, 0) is 11.3 Å². The van der Waals surface area contributed by atoms with E-state index in [1.807, 2.05) is 50.2 Å². The monoisotopic (exact) mass is 433 g/mol. The molecule has 1 aliphatic rings. The highest BCUT2D eigenvalue weighted by molar-refractivity contribution is 8.26. The number of thiocarbonyl (C=S) groups is 1. The molecule has 0 atom stereocenters. The largest absolute Gasteiger partial charge is 0.490 e. The molecule has 3 rings (SSSR count). The van der Waals surface area contributed by atoms with E-state index in [0.717, 1.165) is 11.1 Å². The average molecular weight is 434 g/mol. The molecule has 0 unspecified atom stereocenters. The molecule has 2 aromatic rings. The zero-order chi connectivity index (χ0) is 20.1. The van der Waals surface area contributed by atoms with Crippen LogP contribution in [0, 0.1) is 0 Å². The zero-order valence-corrected chi connectivity index (χ0v) is 18.0. The van der Waals surface area contributed by atoms with Gasteiger partial charge in [0.25, 0.3) is 5.91 Å². The summed E-state index contributed by atoms with van der Waals surface area (Å²) in [6, 6.07) is 13.4. The third kappa shape index (κ3) is 4.69. The molecule has 146 valence electrons. The van der Waals surface area contributed by atoms with Crippen molar-refractivity contribution in [1.29, 1.82) is 0 Å². The van der Waals surface area contributed by atoms with Gasteiger partial charge in [0, 0.05) is 0 Å². The number of benzene rings is 2. The van der Waals surface area contributed by atoms with Gasteiger partial charge >= 0.3 is 0 Å². The third-order valence-corrected chi connectivity index (χ3v) is 5.63. The Balaban J connectivity index is 1.87. The Morgan fingerprint density at radius 3 is 2.54 bits per heavy atom. The molecule has 1 aliphatic heterocycles. The van der Waals surface area contributed by atoms with Gasteiger partial charge in [-0.1, -0.05) is 65.9 Å². The second-order valence-electron chi connectivity index (χ2n) is 5.95. The minimum absolute atomic E-state index is 0.109. The van der Waals surface area contributed by atoms with Crippen molar-refractivity contribution in [3.63, 3.8) is 0 Å². The van der Waals surface area contributed by atoms with Crippen molar-refractivity contribution in [1.82, 2.24) is 4.90 Å². The minimum Gasteiger partial charge on any atom is -0.490 e. The van der Waals surface area contributed by atoms with Gasteiger partial charge in [-0.3, -0.25) is 9.69 Å². The Bertz CT molecular complexity index is 915. The van der Waals surface area contributed by atoms with Gasteiger partial charge in [-0.15, -0.1) is 0 Å². The number of hydrogen-bond donors (Lipinski definition) is 0. The number of rotatable bonds is 7. The number of hydrogen-bond acceptors (Lipinski definition) is 5. The molecule has 28 heavy (non-hydrogen) atoms. The number of halogens is 1. The number of amides is 1. The first-order valence-corrected chi connectivity index (χ1v) is 10.5. The number of nitrogens with zero attached hydrogens (tertiary/aromatic N) is 1. The maximum Gasteiger partial charge on any atom is 0.266 e. The van der Waals surface area contributed by atoms with Crippen LogP contribution in [0.25, 0.3) is 6.08 Å². The smallest absolute Gasteiger partial charge is 0.266 e. The van der Waals surface area contributed by atoms with Crippen LogP contribution in [0.3, 0.4) is 0 Å². The predicted octanol–water partition coefficient (Wildman–Crippen LogP) is 5.54. The molecule has 7 heteroatoms. The SMILES string of the molecule is CCOc1cc(/C=C2\SC(=S)N(Cc3ccccc3)C2=O)cc(Cl)c1OCC. The zero-order valence-electron chi connectivity index (χ0n) is 15.6. The Hall–Kier alpha value is -2.02. The fourth-order valence-corrected chi connectivity index (χ4v) is 4.30. The Labute approximate surface area is 179 Å². The van der Waals surface area contributed by atoms with Gasteiger partial charge in [0.2, 0.25) is 0 Å². The summed E-state index contributed by atoms with van der Waals surface area (Å²) in [5, 5.41) is 0.443. The quantitative estimate of drug-likeness (QED) is 0.423. The van der Waals surface area contributed by atoms with Crippen molar-refractivity contribution >= 4 is 51.9 Å². The molecule has 1 saturated heterocycles. The highest BCUT2D eigenvalue weighted by Gasteiger charge is 2.32. The van der Waals surface area contributed by atoms with Crippen LogP contribution >= 0.6 is 35.6 Å². The van der Waals surface area contributed by atoms with E-state index < -0.39 is 0 Å². The summed E-state index contributed by atoms with van der Waals surface area (Å²) in [4.78, 5) is 15.0. The van der Waals surface area contributed by atoms with Gasteiger partial charge in [-0.25, -0.2) is 0 Å². The molecule has 1 amide bonds. The van der Waals surface area contributed by atoms with Crippen molar-refractivity contribution in [2.24, 2.45) is 0 Å². The van der Waals surface area contributed by atoms with Gasteiger partial charge in [0.15, 0.2) is 11.5 Å². The van der Waals surface area contributed by atoms with Crippen LogP contribution < -0.4 is 9.47 Å². The fraction of sp³-hybridized carbons (Fsp3) is 0.238. The number of carbonyl (C=O) groups excluding carboxylic acids is 1. The van der Waals surface area contributed by atoms with Gasteiger partial charge in [-0.2, -0.15) is 0 Å². The molecule has 4 nitrogen and oxygen atoms in total. The lowest BCUT2D eigenvalue weighted by Crippen LogP contribution is -2.27. The third-order valence-electron chi connectivity index (χ3n) is 3.98. The molecule has 0 aromatic heterocycles. The van der Waals surface area contributed by atoms with E-state index in [1.165, 1.54) is 11.8 Å². The first kappa shape index (κ1) is 20.7. The molecular formula is C21H20ClNO3S2. The summed E-state index contributed by atoms with van der Waals surface area (Å²) < 4.78 is 11.8. The van der Waals surface area contributed by atoms with Crippen LogP contribution in [0.15, 0.2) is 47.4 Å². The second-order valence-corrected chi connectivity index (χ2v) is 8.03. The number of thioether (sulfide) groups is 1. The van der Waals surface area contributed by atoms with Crippen LogP contribution in [0.4, 0.5) is 0 Å². The van der Waals surface area contributed by atoms with E-state index in [0.29, 0.717) is 45.5 Å². The van der Waals surface area contributed by atoms with Crippen molar-refractivity contribution in [3.8, 4) is 11.5 Å². The van der Waals surface area contributed by atoms with Crippen molar-refractivity contribution in [2.75, 3.05) is 13.2 Å². The molecular weight excluding hydrogens is 414 g/mol. The van der Waals surface area contributed by atoms with Crippen LogP contribution in [0.5, 0.6) is 11.5 Å². The molecule has 1 fully saturated rings. The lowest BCUT2D eigenvalue weighted by Gasteiger charge is -2.14. The van der Waals surface area contributed by atoms with Gasteiger partial charge in [-0.05, 0) is 43.2 Å². The minimum atomic E-state index is -0.109. The summed E-state index contributed by atoms with van der Waals surface area (Å²) in [5.74, 6) is 0.962. The van der Waals surface area contributed by atoms with E-state index in [1.54, 1.807) is 17.0 Å². The first-order chi connectivity index (χ1) is 13.5. The van der Waals surface area contributed by atoms with Gasteiger partial charge in [0.05, 0.1) is 29.7 Å². The second kappa shape index (κ2) is 9.45. The molecule has 0 saturated carbocycles. The lowest BCUT2D eigenvalue weighted by molar-refractivity contribution is -0.122. The summed E-state index contributed by atoms with van der Waals surface area (Å²) in [5.41, 5.74) is 1.79. The molecule has 0 radical (unpaired) electrons. The van der Waals surface area contributed by atoms with Crippen LogP contribution in [0.2, 0.25) is 5.02 Å². The molecule has 0 N–H and O–H groups in total. The number of ether oxygens (including phenoxy) is 2. The summed E-state index contributed by atoms with van der Waals surface area (Å²) in [6.07, 6.45) is 1.79. The standard InChI is InChI=1S/C21H20ClNO3S2/c1-3-25-17-11-15(10-16(22)19(17)26-4-2)12-18-20(24)23(21(27)28-18)13-14-8-6-5-7-9-14/h5-12H,3-4,13H2,1-2H3/b18-12-. The molecule has 2 aromatic carbocycles. The molecule has 0 spiro atoms. The summed E-state index contributed by atoms with van der Waals surface area (Å²) in [7, 11) is 0. The Morgan fingerprint density at radius 1 is 1.14 bits per heavy atom. The number of carbonyl (C=O) groups is 1. The van der Waals surface area contributed by atoms with Gasteiger partial charge < -0.3 is 9.47 Å². The highest BCUT2D eigenvalue weighted by atomic mass is 35.5. The van der Waals surface area contributed by atoms with Crippen LogP contribution in [-0.4, -0.2) is 28.3 Å². The Kier molecular flexibility index (Phi) is 6.99. The van der Waals surface area contributed by atoms with E-state index in [9.17, 15) is 4.79 Å². The van der Waals surface area contributed by atoms with E-state index in [2.05, 4.69) is 0 Å². The molecule has 0 bridgehead atoms. The summed E-state index contributed by atoms with van der Waals surface area (Å²) >= 11 is 13.1. The van der Waals surface area contributed by atoms with Crippen LogP contribution in [0.1, 0.15) is 25.0 Å². The molecule has 1 heterocycles.